The van der Waals surface area contributed by atoms with Crippen molar-refractivity contribution in [2.24, 2.45) is 0 Å². The summed E-state index contributed by atoms with van der Waals surface area (Å²) in [5.41, 5.74) is 1.27. The van der Waals surface area contributed by atoms with Crippen molar-refractivity contribution in [3.8, 4) is 0 Å². The molecule has 0 fully saturated rings. The minimum Gasteiger partial charge on any atom is -0.469 e. The first-order valence-corrected chi connectivity index (χ1v) is 5.80. The number of ether oxygens (including phenoxy) is 1. The zero-order valence-corrected chi connectivity index (χ0v) is 10.8. The highest BCUT2D eigenvalue weighted by atomic mass is 79.9. The second-order valence-corrected chi connectivity index (χ2v) is 4.76. The van der Waals surface area contributed by atoms with E-state index in [2.05, 4.69) is 20.7 Å². The number of rotatable bonds is 4. The molecule has 0 aliphatic heterocycles. The van der Waals surface area contributed by atoms with Crippen molar-refractivity contribution >= 4 is 27.7 Å². The number of carbonyl (C=O) groups is 2. The molecular weight excluding hydrogens is 272 g/mol. The normalized spacial score (nSPS) is 11.9. The Morgan fingerprint density at radius 2 is 2.00 bits per heavy atom. The maximum atomic E-state index is 11.8. The van der Waals surface area contributed by atoms with Crippen molar-refractivity contribution in [2.75, 3.05) is 7.11 Å². The maximum absolute atomic E-state index is 11.8. The van der Waals surface area contributed by atoms with E-state index in [9.17, 15) is 9.59 Å². The number of hydrogen-bond acceptors (Lipinski definition) is 3. The zero-order chi connectivity index (χ0) is 12.1. The monoisotopic (exact) mass is 284 g/mol. The van der Waals surface area contributed by atoms with Gasteiger partial charge in [-0.25, -0.2) is 0 Å². The highest BCUT2D eigenvalue weighted by Gasteiger charge is 2.17. The number of esters is 1. The van der Waals surface area contributed by atoms with Gasteiger partial charge in [-0.05, 0) is 12.5 Å². The lowest BCUT2D eigenvalue weighted by Gasteiger charge is -2.08. The summed E-state index contributed by atoms with van der Waals surface area (Å²) in [5, 5.41) is 0. The molecule has 0 spiro atoms. The molecule has 0 saturated carbocycles. The third-order valence-electron chi connectivity index (χ3n) is 2.21. The van der Waals surface area contributed by atoms with Crippen LogP contribution in [-0.4, -0.2) is 23.7 Å². The molecule has 0 aromatic heterocycles. The van der Waals surface area contributed by atoms with E-state index in [0.29, 0.717) is 11.1 Å². The number of benzene rings is 1. The molecule has 0 N–H and O–H groups in total. The molecule has 1 rings (SSSR count). The molecule has 0 saturated heterocycles. The van der Waals surface area contributed by atoms with Crippen molar-refractivity contribution < 1.29 is 14.3 Å². The van der Waals surface area contributed by atoms with Crippen LogP contribution < -0.4 is 0 Å². The molecule has 0 amide bonds. The van der Waals surface area contributed by atoms with Gasteiger partial charge in [0.15, 0.2) is 5.78 Å². The second-order valence-electron chi connectivity index (χ2n) is 3.39. The Hall–Kier alpha value is -1.16. The maximum Gasteiger partial charge on any atom is 0.310 e. The molecule has 0 heterocycles. The predicted octanol–water partition coefficient (Wildman–Crippen LogP) is 2.37. The Balaban J connectivity index is 3.00. The van der Waals surface area contributed by atoms with Gasteiger partial charge < -0.3 is 4.74 Å². The van der Waals surface area contributed by atoms with Crippen LogP contribution in [0.3, 0.4) is 0 Å². The zero-order valence-electron chi connectivity index (χ0n) is 9.20. The van der Waals surface area contributed by atoms with Gasteiger partial charge in [-0.1, -0.05) is 40.2 Å². The lowest BCUT2D eigenvalue weighted by Crippen LogP contribution is -2.15. The summed E-state index contributed by atoms with van der Waals surface area (Å²) in [7, 11) is 1.33. The van der Waals surface area contributed by atoms with Crippen LogP contribution in [0, 0.1) is 0 Å². The van der Waals surface area contributed by atoms with Gasteiger partial charge in [0, 0.05) is 5.56 Å². The number of halogens is 1. The van der Waals surface area contributed by atoms with Gasteiger partial charge in [0.2, 0.25) is 0 Å². The molecule has 0 radical (unpaired) electrons. The van der Waals surface area contributed by atoms with Gasteiger partial charge in [0.05, 0.1) is 18.4 Å². The molecular formula is C12H13BrO3. The number of hydrogen-bond donors (Lipinski definition) is 0. The number of carbonyl (C=O) groups excluding carboxylic acids is 2. The van der Waals surface area contributed by atoms with E-state index < -0.39 is 0 Å². The smallest absolute Gasteiger partial charge is 0.310 e. The first kappa shape index (κ1) is 12.9. The standard InChI is InChI=1S/C12H13BrO3/c1-8(13)12(15)10-6-4-3-5-9(10)7-11(14)16-2/h3-6,8H,7H2,1-2H3. The van der Waals surface area contributed by atoms with Crippen molar-refractivity contribution in [1.29, 1.82) is 0 Å². The van der Waals surface area contributed by atoms with Crippen LogP contribution in [0.25, 0.3) is 0 Å². The van der Waals surface area contributed by atoms with Crippen LogP contribution in [-0.2, 0) is 16.0 Å². The number of methoxy groups -OCH3 is 1. The number of Topliss-reactive ketones (excluding diaryl/α,β-unsaturated/α-hetero) is 1. The summed E-state index contributed by atoms with van der Waals surface area (Å²) in [5.74, 6) is -0.373. The number of alkyl halides is 1. The highest BCUT2D eigenvalue weighted by molar-refractivity contribution is 9.10. The van der Waals surface area contributed by atoms with Gasteiger partial charge in [0.1, 0.15) is 0 Å². The van der Waals surface area contributed by atoms with Gasteiger partial charge in [-0.2, -0.15) is 0 Å². The van der Waals surface area contributed by atoms with Crippen molar-refractivity contribution in [2.45, 2.75) is 18.2 Å². The lowest BCUT2D eigenvalue weighted by atomic mass is 10.00. The Kier molecular flexibility index (Phi) is 4.68. The van der Waals surface area contributed by atoms with Crippen LogP contribution in [0.4, 0.5) is 0 Å². The molecule has 1 aromatic carbocycles. The third-order valence-corrected chi connectivity index (χ3v) is 2.62. The summed E-state index contributed by atoms with van der Waals surface area (Å²) in [6, 6.07) is 7.06. The highest BCUT2D eigenvalue weighted by Crippen LogP contribution is 2.15. The van der Waals surface area contributed by atoms with E-state index in [1.165, 1.54) is 7.11 Å². The van der Waals surface area contributed by atoms with Crippen LogP contribution in [0.1, 0.15) is 22.8 Å². The first-order chi connectivity index (χ1) is 7.56. The second kappa shape index (κ2) is 5.80. The van der Waals surface area contributed by atoms with E-state index in [1.54, 1.807) is 31.2 Å². The Labute approximate surface area is 103 Å². The van der Waals surface area contributed by atoms with E-state index in [4.69, 9.17) is 0 Å². The predicted molar refractivity (Wildman–Crippen MR) is 64.9 cm³/mol. The fraction of sp³-hybridized carbons (Fsp3) is 0.333. The van der Waals surface area contributed by atoms with Crippen LogP contribution in [0.5, 0.6) is 0 Å². The van der Waals surface area contributed by atoms with Crippen LogP contribution in [0.2, 0.25) is 0 Å². The molecule has 0 bridgehead atoms. The summed E-state index contributed by atoms with van der Waals surface area (Å²) in [6.45, 7) is 1.76. The van der Waals surface area contributed by atoms with Gasteiger partial charge in [0.25, 0.3) is 0 Å². The van der Waals surface area contributed by atoms with E-state index in [-0.39, 0.29) is 23.0 Å². The fourth-order valence-corrected chi connectivity index (χ4v) is 1.60. The van der Waals surface area contributed by atoms with Crippen molar-refractivity contribution in [1.82, 2.24) is 0 Å². The average Bonchev–Trinajstić information content (AvgIpc) is 2.28. The minimum absolute atomic E-state index is 0.0282. The quantitative estimate of drug-likeness (QED) is 0.484. The Morgan fingerprint density at radius 3 is 2.56 bits per heavy atom. The van der Waals surface area contributed by atoms with Crippen molar-refractivity contribution in [3.05, 3.63) is 35.4 Å². The lowest BCUT2D eigenvalue weighted by molar-refractivity contribution is -0.139. The number of ketones is 1. The minimum atomic E-state index is -0.345. The third kappa shape index (κ3) is 3.17. The molecule has 86 valence electrons. The summed E-state index contributed by atoms with van der Waals surface area (Å²) in [4.78, 5) is 22.8. The van der Waals surface area contributed by atoms with E-state index in [0.717, 1.165) is 0 Å². The van der Waals surface area contributed by atoms with Crippen molar-refractivity contribution in [3.63, 3.8) is 0 Å². The molecule has 4 heteroatoms. The van der Waals surface area contributed by atoms with Gasteiger partial charge in [-0.3, -0.25) is 9.59 Å². The van der Waals surface area contributed by atoms with E-state index >= 15 is 0 Å². The average molecular weight is 285 g/mol. The van der Waals surface area contributed by atoms with E-state index in [1.807, 2.05) is 0 Å². The fourth-order valence-electron chi connectivity index (χ4n) is 1.36. The topological polar surface area (TPSA) is 43.4 Å². The molecule has 0 aliphatic carbocycles. The summed E-state index contributed by atoms with van der Waals surface area (Å²) in [6.07, 6.45) is 0.123. The van der Waals surface area contributed by atoms with Crippen LogP contribution >= 0.6 is 15.9 Å². The Bertz CT molecular complexity index is 399. The van der Waals surface area contributed by atoms with Gasteiger partial charge >= 0.3 is 5.97 Å². The SMILES string of the molecule is COC(=O)Cc1ccccc1C(=O)C(C)Br. The van der Waals surface area contributed by atoms with Crippen LogP contribution in [0.15, 0.2) is 24.3 Å². The first-order valence-electron chi connectivity index (χ1n) is 4.89. The molecule has 0 aliphatic rings. The molecule has 1 aromatic rings. The largest absolute Gasteiger partial charge is 0.469 e. The molecule has 3 nitrogen and oxygen atoms in total. The summed E-state index contributed by atoms with van der Waals surface area (Å²) < 4.78 is 4.59. The molecule has 1 atom stereocenters. The Morgan fingerprint density at radius 1 is 1.38 bits per heavy atom. The molecule has 1 unspecified atom stereocenters. The molecule has 16 heavy (non-hydrogen) atoms. The van der Waals surface area contributed by atoms with Gasteiger partial charge in [-0.15, -0.1) is 0 Å². The summed E-state index contributed by atoms with van der Waals surface area (Å²) >= 11 is 3.23.